The minimum Gasteiger partial charge on any atom is -0.382 e. The van der Waals surface area contributed by atoms with E-state index >= 15 is 0 Å². The predicted octanol–water partition coefficient (Wildman–Crippen LogP) is 2.02. The van der Waals surface area contributed by atoms with Gasteiger partial charge in [0.25, 0.3) is 0 Å². The van der Waals surface area contributed by atoms with Crippen LogP contribution in [0.2, 0.25) is 0 Å². The summed E-state index contributed by atoms with van der Waals surface area (Å²) >= 11 is 0. The van der Waals surface area contributed by atoms with Gasteiger partial charge in [0, 0.05) is 0 Å². The first kappa shape index (κ1) is 10.5. The van der Waals surface area contributed by atoms with E-state index in [9.17, 15) is 0 Å². The molecule has 2 rings (SSSR count). The first-order valence-corrected chi connectivity index (χ1v) is 7.22. The Kier molecular flexibility index (Phi) is 2.49. The maximum absolute atomic E-state index is 6.09. The van der Waals surface area contributed by atoms with Gasteiger partial charge in [-0.2, -0.15) is 4.98 Å². The molecule has 2 heterocycles. The predicted molar refractivity (Wildman–Crippen MR) is 65.1 cm³/mol. The Hall–Kier alpha value is -0.980. The molecule has 15 heavy (non-hydrogen) atoms. The smallest absolute Gasteiger partial charge is 0.242 e. The first-order chi connectivity index (χ1) is 7.00. The van der Waals surface area contributed by atoms with Gasteiger partial charge in [0.05, 0.1) is 4.91 Å². The number of nitrogens with zero attached hydrogens (tertiary/aromatic N) is 3. The number of anilines is 2. The molecule has 0 spiro atoms. The Labute approximate surface area is 96.5 Å². The fraction of sp³-hybridized carbons (Fsp3) is 0. The van der Waals surface area contributed by atoms with Crippen LogP contribution in [0.1, 0.15) is 5.69 Å². The second-order valence-corrected chi connectivity index (χ2v) is 7.90. The Balaban J connectivity index is 2.48. The molecule has 0 radical (unpaired) electrons. The average molecular weight is 264 g/mol. The molecule has 1 aromatic rings. The van der Waals surface area contributed by atoms with E-state index < -0.39 is 8.46 Å². The zero-order chi connectivity index (χ0) is 11.1. The third-order valence-corrected chi connectivity index (χ3v) is 4.78. The van der Waals surface area contributed by atoms with Crippen molar-refractivity contribution in [3.05, 3.63) is 23.3 Å². The minimum atomic E-state index is -2.01. The summed E-state index contributed by atoms with van der Waals surface area (Å²) in [6.45, 7) is 0. The Morgan fingerprint density at radius 3 is 2.47 bits per heavy atom. The van der Waals surface area contributed by atoms with E-state index in [0.29, 0.717) is 10.6 Å². The molecule has 0 saturated carbocycles. The summed E-state index contributed by atoms with van der Waals surface area (Å²) < 4.78 is 0. The van der Waals surface area contributed by atoms with Crippen LogP contribution in [0, 0.1) is 0 Å². The van der Waals surface area contributed by atoms with Gasteiger partial charge in [-0.3, -0.25) is 0 Å². The molecule has 80 valence electrons. The normalized spacial score (nSPS) is 20.0. The fourth-order valence-corrected chi connectivity index (χ4v) is 3.31. The summed E-state index contributed by atoms with van der Waals surface area (Å²) in [4.78, 5) is 4.42. The molecule has 0 aliphatic carbocycles. The first-order valence-electron chi connectivity index (χ1n) is 3.88. The zero-order valence-corrected chi connectivity index (χ0v) is 9.72. The van der Waals surface area contributed by atoms with Gasteiger partial charge in [-0.1, -0.05) is 6.08 Å². The summed E-state index contributed by atoms with van der Waals surface area (Å²) in [5.74, 6) is 0.197. The van der Waals surface area contributed by atoms with E-state index in [2.05, 4.69) is 15.2 Å². The van der Waals surface area contributed by atoms with Crippen LogP contribution >= 0.6 is 29.8 Å². The molecule has 0 unspecified atom stereocenters. The molecule has 0 amide bonds. The molecule has 0 saturated heterocycles. The summed E-state index contributed by atoms with van der Waals surface area (Å²) in [6.07, 6.45) is 3.50. The van der Waals surface area contributed by atoms with E-state index in [-0.39, 0.29) is 11.8 Å². The highest BCUT2D eigenvalue weighted by atomic mass is 36.0. The molecule has 0 bridgehead atoms. The van der Waals surface area contributed by atoms with Gasteiger partial charge in [0.15, 0.2) is 5.82 Å². The molecule has 1 aliphatic rings. The van der Waals surface area contributed by atoms with Crippen LogP contribution in [0.25, 0.3) is 4.91 Å². The van der Waals surface area contributed by atoms with Crippen LogP contribution in [0.3, 0.4) is 0 Å². The summed E-state index contributed by atoms with van der Waals surface area (Å²) in [5.41, 5.74) is 11.4. The van der Waals surface area contributed by atoms with Crippen molar-refractivity contribution in [3.8, 4) is 0 Å². The zero-order valence-electron chi connectivity index (χ0n) is 7.39. The molecule has 1 aliphatic heterocycles. The molecule has 8 heteroatoms. The molecule has 0 fully saturated rings. The molecule has 0 aromatic carbocycles. The number of rotatable bonds is 1. The lowest BCUT2D eigenvalue weighted by atomic mass is 10.3. The topological polar surface area (TPSA) is 90.7 Å². The summed E-state index contributed by atoms with van der Waals surface area (Å²) in [5, 5.41) is 9.15. The average Bonchev–Trinajstić information content (AvgIpc) is 2.46. The van der Waals surface area contributed by atoms with Gasteiger partial charge in [0.1, 0.15) is 5.69 Å². The standard InChI is InChI=1S/C7H7Cl2N5S/c8-15(9)3-1-2-4(15)5-6(10)12-7(11)14-13-5/h1-3H,(H4,10,11,12,14). The molecule has 1 aromatic heterocycles. The van der Waals surface area contributed by atoms with Crippen LogP contribution in [0.5, 0.6) is 0 Å². The van der Waals surface area contributed by atoms with Crippen molar-refractivity contribution in [2.45, 2.75) is 0 Å². The summed E-state index contributed by atoms with van der Waals surface area (Å²) in [6, 6.07) is 0. The highest BCUT2D eigenvalue weighted by Gasteiger charge is 2.28. The lowest BCUT2D eigenvalue weighted by molar-refractivity contribution is 0.979. The number of hydrogen-bond acceptors (Lipinski definition) is 5. The maximum atomic E-state index is 6.09. The van der Waals surface area contributed by atoms with Crippen molar-refractivity contribution < 1.29 is 0 Å². The van der Waals surface area contributed by atoms with Gasteiger partial charge >= 0.3 is 0 Å². The lowest BCUT2D eigenvalue weighted by Gasteiger charge is -2.19. The van der Waals surface area contributed by atoms with Crippen LogP contribution in [-0.4, -0.2) is 15.2 Å². The Bertz CT molecular complexity index is 470. The van der Waals surface area contributed by atoms with Gasteiger partial charge in [-0.25, -0.2) is 0 Å². The number of allylic oxidation sites excluding steroid dienone is 2. The van der Waals surface area contributed by atoms with Crippen LogP contribution < -0.4 is 11.5 Å². The highest BCUT2D eigenvalue weighted by Crippen LogP contribution is 2.71. The maximum Gasteiger partial charge on any atom is 0.242 e. The molecule has 4 N–H and O–H groups in total. The Morgan fingerprint density at radius 2 is 1.93 bits per heavy atom. The Morgan fingerprint density at radius 1 is 1.20 bits per heavy atom. The number of aromatic nitrogens is 3. The quantitative estimate of drug-likeness (QED) is 0.809. The van der Waals surface area contributed by atoms with Crippen molar-refractivity contribution >= 4 is 46.5 Å². The van der Waals surface area contributed by atoms with Crippen molar-refractivity contribution in [1.29, 1.82) is 0 Å². The second kappa shape index (κ2) is 3.55. The van der Waals surface area contributed by atoms with Crippen LogP contribution in [0.15, 0.2) is 17.6 Å². The number of hydrogen-bond donors (Lipinski definition) is 2. The van der Waals surface area contributed by atoms with Gasteiger partial charge in [-0.15, -0.1) is 10.2 Å². The van der Waals surface area contributed by atoms with Crippen molar-refractivity contribution in [2.24, 2.45) is 0 Å². The number of nitrogens with two attached hydrogens (primary N) is 2. The molecule has 5 nitrogen and oxygen atoms in total. The molecular formula is C7H7Cl2N5S. The van der Waals surface area contributed by atoms with Crippen molar-refractivity contribution in [3.63, 3.8) is 0 Å². The van der Waals surface area contributed by atoms with Crippen LogP contribution in [0.4, 0.5) is 11.8 Å². The third-order valence-electron chi connectivity index (χ3n) is 1.75. The fourth-order valence-electron chi connectivity index (χ4n) is 1.12. The second-order valence-electron chi connectivity index (χ2n) is 2.77. The van der Waals surface area contributed by atoms with E-state index in [1.54, 1.807) is 17.6 Å². The van der Waals surface area contributed by atoms with Gasteiger partial charge in [-0.05, 0) is 41.3 Å². The monoisotopic (exact) mass is 263 g/mol. The highest BCUT2D eigenvalue weighted by molar-refractivity contribution is 8.73. The van der Waals surface area contributed by atoms with Gasteiger partial charge in [0.2, 0.25) is 5.95 Å². The summed E-state index contributed by atoms with van der Waals surface area (Å²) in [7, 11) is 10.2. The minimum absolute atomic E-state index is 0.0209. The lowest BCUT2D eigenvalue weighted by Crippen LogP contribution is -2.06. The van der Waals surface area contributed by atoms with Gasteiger partial charge < -0.3 is 11.5 Å². The van der Waals surface area contributed by atoms with Crippen LogP contribution in [-0.2, 0) is 0 Å². The molecular weight excluding hydrogens is 257 g/mol. The van der Waals surface area contributed by atoms with Crippen molar-refractivity contribution in [1.82, 2.24) is 15.2 Å². The molecule has 0 atom stereocenters. The van der Waals surface area contributed by atoms with E-state index in [1.165, 1.54) is 0 Å². The number of nitrogen functional groups attached to an aromatic ring is 2. The van der Waals surface area contributed by atoms with E-state index in [1.807, 2.05) is 0 Å². The largest absolute Gasteiger partial charge is 0.382 e. The van der Waals surface area contributed by atoms with E-state index in [4.69, 9.17) is 32.8 Å². The number of halogens is 2. The third kappa shape index (κ3) is 1.88. The SMILES string of the molecule is Nc1nnc(C2=CC=CS2(Cl)Cl)c(N)n1. The van der Waals surface area contributed by atoms with E-state index in [0.717, 1.165) is 0 Å². The van der Waals surface area contributed by atoms with Crippen molar-refractivity contribution in [2.75, 3.05) is 11.5 Å².